The maximum absolute atomic E-state index is 11.7. The molecule has 2 aromatic heterocycles. The first-order chi connectivity index (χ1) is 8.49. The summed E-state index contributed by atoms with van der Waals surface area (Å²) in [7, 11) is 3.37. The van der Waals surface area contributed by atoms with Gasteiger partial charge in [0.25, 0.3) is 5.91 Å². The summed E-state index contributed by atoms with van der Waals surface area (Å²) in [6, 6.07) is 5.20. The van der Waals surface area contributed by atoms with E-state index in [1.807, 2.05) is 6.92 Å². The van der Waals surface area contributed by atoms with Crippen molar-refractivity contribution in [1.82, 2.24) is 19.7 Å². The number of hydrogen-bond donors (Lipinski definition) is 1. The quantitative estimate of drug-likeness (QED) is 0.851. The molecule has 0 fully saturated rings. The summed E-state index contributed by atoms with van der Waals surface area (Å²) in [5.41, 5.74) is 7.47. The van der Waals surface area contributed by atoms with Gasteiger partial charge in [0.15, 0.2) is 11.5 Å². The van der Waals surface area contributed by atoms with E-state index in [1.165, 1.54) is 4.90 Å². The second-order valence-electron chi connectivity index (χ2n) is 4.19. The van der Waals surface area contributed by atoms with Crippen LogP contribution in [0.25, 0.3) is 5.82 Å². The molecule has 6 heteroatoms. The number of anilines is 1. The van der Waals surface area contributed by atoms with Crippen LogP contribution >= 0.6 is 0 Å². The molecule has 0 radical (unpaired) electrons. The van der Waals surface area contributed by atoms with Crippen molar-refractivity contribution in [3.05, 3.63) is 35.8 Å². The first-order valence-corrected chi connectivity index (χ1v) is 5.50. The van der Waals surface area contributed by atoms with Crippen LogP contribution in [0.5, 0.6) is 0 Å². The minimum atomic E-state index is -0.138. The number of hydrogen-bond acceptors (Lipinski definition) is 4. The van der Waals surface area contributed by atoms with Crippen molar-refractivity contribution in [2.75, 3.05) is 19.8 Å². The van der Waals surface area contributed by atoms with Gasteiger partial charge in [0.2, 0.25) is 0 Å². The third-order valence-electron chi connectivity index (χ3n) is 2.56. The largest absolute Gasteiger partial charge is 0.397 e. The molecule has 0 aliphatic heterocycles. The fraction of sp³-hybridized carbons (Fsp3) is 0.250. The van der Waals surface area contributed by atoms with Gasteiger partial charge in [-0.15, -0.1) is 0 Å². The van der Waals surface area contributed by atoms with E-state index in [4.69, 9.17) is 5.73 Å². The highest BCUT2D eigenvalue weighted by atomic mass is 16.2. The van der Waals surface area contributed by atoms with Crippen molar-refractivity contribution >= 4 is 11.6 Å². The van der Waals surface area contributed by atoms with Crippen LogP contribution in [0.3, 0.4) is 0 Å². The molecule has 2 N–H and O–H groups in total. The zero-order valence-electron chi connectivity index (χ0n) is 10.6. The first-order valence-electron chi connectivity index (χ1n) is 5.50. The van der Waals surface area contributed by atoms with Gasteiger partial charge in [0, 0.05) is 20.3 Å². The predicted octanol–water partition coefficient (Wildman–Crippen LogP) is 0.860. The number of rotatable bonds is 2. The molecule has 0 atom stereocenters. The van der Waals surface area contributed by atoms with Gasteiger partial charge in [-0.1, -0.05) is 0 Å². The Labute approximate surface area is 105 Å². The molecule has 94 valence electrons. The van der Waals surface area contributed by atoms with Gasteiger partial charge in [0.1, 0.15) is 0 Å². The number of aryl methyl sites for hydroxylation is 1. The molecule has 0 aliphatic rings. The van der Waals surface area contributed by atoms with Crippen LogP contribution in [0.15, 0.2) is 24.4 Å². The molecule has 0 bridgehead atoms. The Hall–Kier alpha value is -2.37. The summed E-state index contributed by atoms with van der Waals surface area (Å²) in [6.45, 7) is 1.83. The molecule has 2 rings (SSSR count). The van der Waals surface area contributed by atoms with Crippen molar-refractivity contribution < 1.29 is 4.79 Å². The highest BCUT2D eigenvalue weighted by molar-refractivity contribution is 5.91. The van der Waals surface area contributed by atoms with Gasteiger partial charge in [-0.3, -0.25) is 4.79 Å². The SMILES string of the molecule is Cc1nc(-n2ccc(C(=O)N(C)C)n2)ccc1N. The second-order valence-corrected chi connectivity index (χ2v) is 4.19. The smallest absolute Gasteiger partial charge is 0.273 e. The molecule has 0 aliphatic carbocycles. The monoisotopic (exact) mass is 245 g/mol. The van der Waals surface area contributed by atoms with E-state index in [0.29, 0.717) is 17.2 Å². The molecular formula is C12H15N5O. The lowest BCUT2D eigenvalue weighted by Gasteiger charge is -2.07. The van der Waals surface area contributed by atoms with Gasteiger partial charge < -0.3 is 10.6 Å². The number of nitrogen functional groups attached to an aromatic ring is 1. The minimum absolute atomic E-state index is 0.138. The molecule has 2 heterocycles. The Kier molecular flexibility index (Phi) is 3.01. The van der Waals surface area contributed by atoms with Crippen molar-refractivity contribution in [1.29, 1.82) is 0 Å². The average Bonchev–Trinajstić information content (AvgIpc) is 2.81. The van der Waals surface area contributed by atoms with Crippen LogP contribution in [0, 0.1) is 6.92 Å². The summed E-state index contributed by atoms with van der Waals surface area (Å²) in [5.74, 6) is 0.500. The van der Waals surface area contributed by atoms with Gasteiger partial charge in [0.05, 0.1) is 11.4 Å². The second kappa shape index (κ2) is 4.48. The van der Waals surface area contributed by atoms with Crippen LogP contribution in [0.4, 0.5) is 5.69 Å². The fourth-order valence-corrected chi connectivity index (χ4v) is 1.48. The number of carbonyl (C=O) groups excluding carboxylic acids is 1. The molecule has 18 heavy (non-hydrogen) atoms. The van der Waals surface area contributed by atoms with Crippen LogP contribution in [0.1, 0.15) is 16.2 Å². The van der Waals surface area contributed by atoms with Gasteiger partial charge >= 0.3 is 0 Å². The van der Waals surface area contributed by atoms with Crippen LogP contribution in [0.2, 0.25) is 0 Å². The highest BCUT2D eigenvalue weighted by Crippen LogP contribution is 2.12. The summed E-state index contributed by atoms with van der Waals surface area (Å²) in [5, 5.41) is 4.19. The fourth-order valence-electron chi connectivity index (χ4n) is 1.48. The van der Waals surface area contributed by atoms with E-state index in [-0.39, 0.29) is 5.91 Å². The van der Waals surface area contributed by atoms with E-state index < -0.39 is 0 Å². The average molecular weight is 245 g/mol. The van der Waals surface area contributed by atoms with Gasteiger partial charge in [-0.05, 0) is 25.1 Å². The van der Waals surface area contributed by atoms with E-state index in [1.54, 1.807) is 43.2 Å². The van der Waals surface area contributed by atoms with Gasteiger partial charge in [-0.25, -0.2) is 9.67 Å². The molecule has 0 spiro atoms. The predicted molar refractivity (Wildman–Crippen MR) is 68.5 cm³/mol. The van der Waals surface area contributed by atoms with E-state index in [0.717, 1.165) is 5.69 Å². The highest BCUT2D eigenvalue weighted by Gasteiger charge is 2.12. The number of carbonyl (C=O) groups is 1. The molecule has 0 saturated heterocycles. The maximum atomic E-state index is 11.7. The molecule has 2 aromatic rings. The van der Waals surface area contributed by atoms with Crippen molar-refractivity contribution in [3.8, 4) is 5.82 Å². The van der Waals surface area contributed by atoms with Crippen molar-refractivity contribution in [2.45, 2.75) is 6.92 Å². The Morgan fingerprint density at radius 3 is 2.67 bits per heavy atom. The Morgan fingerprint density at radius 1 is 1.33 bits per heavy atom. The maximum Gasteiger partial charge on any atom is 0.273 e. The Bertz CT molecular complexity index is 588. The molecule has 6 nitrogen and oxygen atoms in total. The molecule has 1 amide bonds. The minimum Gasteiger partial charge on any atom is -0.397 e. The molecular weight excluding hydrogens is 230 g/mol. The number of nitrogens with zero attached hydrogens (tertiary/aromatic N) is 4. The lowest BCUT2D eigenvalue weighted by Crippen LogP contribution is -2.22. The summed E-state index contributed by atoms with van der Waals surface area (Å²) in [6.07, 6.45) is 1.70. The summed E-state index contributed by atoms with van der Waals surface area (Å²) < 4.78 is 1.56. The summed E-state index contributed by atoms with van der Waals surface area (Å²) >= 11 is 0. The standard InChI is InChI=1S/C12H15N5O/c1-8-9(13)4-5-11(14-8)17-7-6-10(15-17)12(18)16(2)3/h4-7H,13H2,1-3H3. The normalized spacial score (nSPS) is 10.4. The lowest BCUT2D eigenvalue weighted by molar-refractivity contribution is 0.0821. The Morgan fingerprint density at radius 2 is 2.06 bits per heavy atom. The van der Waals surface area contributed by atoms with Crippen LogP contribution in [-0.2, 0) is 0 Å². The van der Waals surface area contributed by atoms with E-state index >= 15 is 0 Å². The third-order valence-corrected chi connectivity index (χ3v) is 2.56. The van der Waals surface area contributed by atoms with Crippen molar-refractivity contribution in [2.24, 2.45) is 0 Å². The zero-order chi connectivity index (χ0) is 13.3. The van der Waals surface area contributed by atoms with Gasteiger partial charge in [-0.2, -0.15) is 5.10 Å². The van der Waals surface area contributed by atoms with Crippen LogP contribution < -0.4 is 5.73 Å². The summed E-state index contributed by atoms with van der Waals surface area (Å²) in [4.78, 5) is 17.5. The number of aromatic nitrogens is 3. The number of nitrogens with two attached hydrogens (primary N) is 1. The topological polar surface area (TPSA) is 77.0 Å². The zero-order valence-corrected chi connectivity index (χ0v) is 10.6. The lowest BCUT2D eigenvalue weighted by atomic mass is 10.3. The molecule has 0 aromatic carbocycles. The third kappa shape index (κ3) is 2.17. The van der Waals surface area contributed by atoms with Crippen LogP contribution in [-0.4, -0.2) is 39.7 Å². The Balaban J connectivity index is 2.35. The number of pyridine rings is 1. The molecule has 0 saturated carbocycles. The first kappa shape index (κ1) is 12.1. The van der Waals surface area contributed by atoms with E-state index in [2.05, 4.69) is 10.1 Å². The molecule has 0 unspecified atom stereocenters. The van der Waals surface area contributed by atoms with Crippen molar-refractivity contribution in [3.63, 3.8) is 0 Å². The number of amides is 1. The van der Waals surface area contributed by atoms with E-state index in [9.17, 15) is 4.79 Å².